The molecule has 0 unspecified atom stereocenters. The zero-order valence-electron chi connectivity index (χ0n) is 10.1. The number of ether oxygens (including phenoxy) is 2. The average Bonchev–Trinajstić information content (AvgIpc) is 2.41. The zero-order chi connectivity index (χ0) is 14.5. The highest BCUT2D eigenvalue weighted by molar-refractivity contribution is 9.10. The molecule has 20 heavy (non-hydrogen) atoms. The molecule has 0 aliphatic rings. The van der Waals surface area contributed by atoms with Gasteiger partial charge in [-0.15, -0.1) is 0 Å². The number of hydrogen-bond donors (Lipinski definition) is 0. The van der Waals surface area contributed by atoms with Crippen LogP contribution in [0.5, 0.6) is 11.5 Å². The van der Waals surface area contributed by atoms with Crippen molar-refractivity contribution in [1.82, 2.24) is 0 Å². The number of benzene rings is 2. The van der Waals surface area contributed by atoms with Crippen LogP contribution in [0.4, 0.5) is 0 Å². The van der Waals surface area contributed by atoms with Gasteiger partial charge in [-0.05, 0) is 42.5 Å². The fourth-order valence-electron chi connectivity index (χ4n) is 1.38. The van der Waals surface area contributed by atoms with Crippen LogP contribution in [-0.4, -0.2) is 12.6 Å². The minimum Gasteiger partial charge on any atom is -0.482 e. The van der Waals surface area contributed by atoms with Gasteiger partial charge in [0.25, 0.3) is 0 Å². The molecule has 2 aromatic rings. The van der Waals surface area contributed by atoms with Crippen molar-refractivity contribution in [2.24, 2.45) is 0 Å². The van der Waals surface area contributed by atoms with Crippen molar-refractivity contribution in [3.05, 3.63) is 57.0 Å². The van der Waals surface area contributed by atoms with E-state index in [0.29, 0.717) is 21.5 Å². The molecule has 0 saturated heterocycles. The van der Waals surface area contributed by atoms with E-state index >= 15 is 0 Å². The first-order chi connectivity index (χ1) is 9.54. The fourth-order valence-corrected chi connectivity index (χ4v) is 2.22. The number of esters is 1. The maximum Gasteiger partial charge on any atom is 0.349 e. The maximum absolute atomic E-state index is 11.6. The largest absolute Gasteiger partial charge is 0.482 e. The van der Waals surface area contributed by atoms with Crippen LogP contribution in [0, 0.1) is 0 Å². The molecule has 104 valence electrons. The fraction of sp³-hybridized carbons (Fsp3) is 0.0714. The Morgan fingerprint density at radius 2 is 1.80 bits per heavy atom. The van der Waals surface area contributed by atoms with E-state index in [-0.39, 0.29) is 6.61 Å². The normalized spacial score (nSPS) is 10.2. The van der Waals surface area contributed by atoms with Crippen molar-refractivity contribution in [1.29, 1.82) is 0 Å². The van der Waals surface area contributed by atoms with Gasteiger partial charge in [0, 0.05) is 9.50 Å². The third kappa shape index (κ3) is 4.40. The summed E-state index contributed by atoms with van der Waals surface area (Å²) in [6.45, 7) is -0.214. The second-order valence-corrected chi connectivity index (χ2v) is 5.55. The van der Waals surface area contributed by atoms with E-state index in [2.05, 4.69) is 15.9 Å². The molecule has 0 aromatic heterocycles. The monoisotopic (exact) mass is 374 g/mol. The number of carbonyl (C=O) groups excluding carboxylic acids is 1. The highest BCUT2D eigenvalue weighted by Gasteiger charge is 2.09. The average molecular weight is 376 g/mol. The summed E-state index contributed by atoms with van der Waals surface area (Å²) in [6, 6.07) is 11.7. The Bertz CT molecular complexity index is 614. The van der Waals surface area contributed by atoms with Gasteiger partial charge in [-0.3, -0.25) is 0 Å². The standard InChI is InChI=1S/C14H9BrCl2O3/c15-9-1-6-13(12(17)7-9)20-14(18)8-19-11-4-2-10(16)3-5-11/h1-7H,8H2. The van der Waals surface area contributed by atoms with Crippen molar-refractivity contribution in [3.63, 3.8) is 0 Å². The maximum atomic E-state index is 11.6. The molecule has 2 aromatic carbocycles. The number of halogens is 3. The van der Waals surface area contributed by atoms with Crippen LogP contribution < -0.4 is 9.47 Å². The quantitative estimate of drug-likeness (QED) is 0.571. The summed E-state index contributed by atoms with van der Waals surface area (Å²) in [6.07, 6.45) is 0. The SMILES string of the molecule is O=C(COc1ccc(Cl)cc1)Oc1ccc(Br)cc1Cl. The van der Waals surface area contributed by atoms with Crippen LogP contribution in [0.1, 0.15) is 0 Å². The molecule has 0 aliphatic carbocycles. The van der Waals surface area contributed by atoms with Gasteiger partial charge >= 0.3 is 5.97 Å². The van der Waals surface area contributed by atoms with Crippen LogP contribution in [-0.2, 0) is 4.79 Å². The topological polar surface area (TPSA) is 35.5 Å². The molecule has 0 aliphatic heterocycles. The summed E-state index contributed by atoms with van der Waals surface area (Å²) in [7, 11) is 0. The third-order valence-electron chi connectivity index (χ3n) is 2.29. The Labute approximate surface area is 134 Å². The Hall–Kier alpha value is -1.23. The van der Waals surface area contributed by atoms with E-state index in [1.807, 2.05) is 0 Å². The molecule has 6 heteroatoms. The predicted octanol–water partition coefficient (Wildman–Crippen LogP) is 4.74. The van der Waals surface area contributed by atoms with Gasteiger partial charge in [0.1, 0.15) is 11.5 Å². The Morgan fingerprint density at radius 3 is 2.45 bits per heavy atom. The van der Waals surface area contributed by atoms with Crippen LogP contribution in [0.15, 0.2) is 46.9 Å². The molecule has 0 bridgehead atoms. The van der Waals surface area contributed by atoms with E-state index in [4.69, 9.17) is 32.7 Å². The number of rotatable bonds is 4. The first-order valence-corrected chi connectivity index (χ1v) is 7.13. The summed E-state index contributed by atoms with van der Waals surface area (Å²) in [5, 5.41) is 0.945. The van der Waals surface area contributed by atoms with Gasteiger partial charge in [-0.1, -0.05) is 39.1 Å². The lowest BCUT2D eigenvalue weighted by molar-refractivity contribution is -0.136. The lowest BCUT2D eigenvalue weighted by atomic mass is 10.3. The molecule has 2 rings (SSSR count). The minimum absolute atomic E-state index is 0.214. The summed E-state index contributed by atoms with van der Waals surface area (Å²) in [4.78, 5) is 11.6. The first kappa shape index (κ1) is 15.2. The highest BCUT2D eigenvalue weighted by Crippen LogP contribution is 2.27. The van der Waals surface area contributed by atoms with Gasteiger partial charge < -0.3 is 9.47 Å². The lowest BCUT2D eigenvalue weighted by Crippen LogP contribution is -2.17. The van der Waals surface area contributed by atoms with E-state index in [1.54, 1.807) is 42.5 Å². The molecule has 0 N–H and O–H groups in total. The Morgan fingerprint density at radius 1 is 1.10 bits per heavy atom. The molecule has 0 saturated carbocycles. The van der Waals surface area contributed by atoms with Crippen molar-refractivity contribution in [2.45, 2.75) is 0 Å². The van der Waals surface area contributed by atoms with Crippen LogP contribution in [0.3, 0.4) is 0 Å². The van der Waals surface area contributed by atoms with E-state index in [1.165, 1.54) is 0 Å². The Kier molecular flexibility index (Phi) is 5.29. The van der Waals surface area contributed by atoms with E-state index < -0.39 is 5.97 Å². The lowest BCUT2D eigenvalue weighted by Gasteiger charge is -2.08. The summed E-state index contributed by atoms with van der Waals surface area (Å²) in [5.41, 5.74) is 0. The summed E-state index contributed by atoms with van der Waals surface area (Å²) < 4.78 is 11.2. The predicted molar refractivity (Wildman–Crippen MR) is 81.7 cm³/mol. The highest BCUT2D eigenvalue weighted by atomic mass is 79.9. The molecule has 3 nitrogen and oxygen atoms in total. The molecule has 0 radical (unpaired) electrons. The smallest absolute Gasteiger partial charge is 0.349 e. The summed E-state index contributed by atoms with van der Waals surface area (Å²) in [5.74, 6) is 0.289. The van der Waals surface area contributed by atoms with Crippen molar-refractivity contribution < 1.29 is 14.3 Å². The Balaban J connectivity index is 1.90. The van der Waals surface area contributed by atoms with E-state index in [0.717, 1.165) is 4.47 Å². The third-order valence-corrected chi connectivity index (χ3v) is 3.33. The van der Waals surface area contributed by atoms with Crippen molar-refractivity contribution in [3.8, 4) is 11.5 Å². The van der Waals surface area contributed by atoms with Crippen LogP contribution in [0.25, 0.3) is 0 Å². The second-order valence-electron chi connectivity index (χ2n) is 3.79. The van der Waals surface area contributed by atoms with E-state index in [9.17, 15) is 4.79 Å². The van der Waals surface area contributed by atoms with Crippen molar-refractivity contribution in [2.75, 3.05) is 6.61 Å². The molecule has 0 fully saturated rings. The molecule has 0 atom stereocenters. The molecule has 0 heterocycles. The van der Waals surface area contributed by atoms with Crippen LogP contribution >= 0.6 is 39.1 Å². The molecular formula is C14H9BrCl2O3. The first-order valence-electron chi connectivity index (χ1n) is 5.59. The van der Waals surface area contributed by atoms with Crippen LogP contribution in [0.2, 0.25) is 10.0 Å². The van der Waals surface area contributed by atoms with Gasteiger partial charge in [0.2, 0.25) is 0 Å². The molecule has 0 spiro atoms. The number of carbonyl (C=O) groups is 1. The molecule has 0 amide bonds. The second kappa shape index (κ2) is 6.97. The minimum atomic E-state index is -0.538. The summed E-state index contributed by atoms with van der Waals surface area (Å²) >= 11 is 15.0. The van der Waals surface area contributed by atoms with Crippen molar-refractivity contribution >= 4 is 45.1 Å². The van der Waals surface area contributed by atoms with Gasteiger partial charge in [0.05, 0.1) is 5.02 Å². The van der Waals surface area contributed by atoms with Gasteiger partial charge in [-0.2, -0.15) is 0 Å². The number of hydrogen-bond acceptors (Lipinski definition) is 3. The molecular weight excluding hydrogens is 367 g/mol. The van der Waals surface area contributed by atoms with Gasteiger partial charge in [-0.25, -0.2) is 4.79 Å². The van der Waals surface area contributed by atoms with Gasteiger partial charge in [0.15, 0.2) is 6.61 Å². The zero-order valence-corrected chi connectivity index (χ0v) is 13.2.